The van der Waals surface area contributed by atoms with Gasteiger partial charge in [0.2, 0.25) is 5.91 Å². The monoisotopic (exact) mass is 332 g/mol. The Labute approximate surface area is 144 Å². The average Bonchev–Trinajstić information content (AvgIpc) is 2.59. The third-order valence-corrected chi connectivity index (χ3v) is 4.38. The maximum atomic E-state index is 12.1. The standard InChI is InChI=1S/C18H28N4O2/c1-13(2)17(23)20-21-18(24)15-5-4-6-16(11-15)19-12-14-7-9-22(3)10-8-14/h4-6,11,13-14,19H,7-10,12H2,1-3H3,(H,20,23)(H,21,24). The molecule has 0 aliphatic carbocycles. The van der Waals surface area contributed by atoms with E-state index in [-0.39, 0.29) is 17.7 Å². The molecule has 0 spiro atoms. The zero-order chi connectivity index (χ0) is 17.5. The molecule has 0 radical (unpaired) electrons. The molecular weight excluding hydrogens is 304 g/mol. The fourth-order valence-corrected chi connectivity index (χ4v) is 2.63. The van der Waals surface area contributed by atoms with Crippen molar-refractivity contribution in [3.63, 3.8) is 0 Å². The molecule has 6 nitrogen and oxygen atoms in total. The summed E-state index contributed by atoms with van der Waals surface area (Å²) in [6.45, 7) is 6.75. The Hall–Kier alpha value is -2.08. The predicted molar refractivity (Wildman–Crippen MR) is 95.6 cm³/mol. The van der Waals surface area contributed by atoms with Gasteiger partial charge >= 0.3 is 0 Å². The van der Waals surface area contributed by atoms with Gasteiger partial charge in [-0.25, -0.2) is 0 Å². The first kappa shape index (κ1) is 18.3. The highest BCUT2D eigenvalue weighted by atomic mass is 16.2. The van der Waals surface area contributed by atoms with E-state index in [2.05, 4.69) is 28.1 Å². The first-order valence-electron chi connectivity index (χ1n) is 8.58. The third-order valence-electron chi connectivity index (χ3n) is 4.38. The minimum absolute atomic E-state index is 0.173. The van der Waals surface area contributed by atoms with Crippen molar-refractivity contribution in [1.29, 1.82) is 0 Å². The van der Waals surface area contributed by atoms with E-state index in [4.69, 9.17) is 0 Å². The van der Waals surface area contributed by atoms with Gasteiger partial charge in [-0.2, -0.15) is 0 Å². The molecule has 6 heteroatoms. The molecule has 24 heavy (non-hydrogen) atoms. The second kappa shape index (κ2) is 8.68. The lowest BCUT2D eigenvalue weighted by Crippen LogP contribution is -2.43. The van der Waals surface area contributed by atoms with Gasteiger partial charge in [-0.1, -0.05) is 19.9 Å². The fraction of sp³-hybridized carbons (Fsp3) is 0.556. The maximum Gasteiger partial charge on any atom is 0.269 e. The number of nitrogens with one attached hydrogen (secondary N) is 3. The zero-order valence-electron chi connectivity index (χ0n) is 14.8. The van der Waals surface area contributed by atoms with Gasteiger partial charge in [0.25, 0.3) is 5.91 Å². The van der Waals surface area contributed by atoms with Crippen LogP contribution in [0.1, 0.15) is 37.0 Å². The summed E-state index contributed by atoms with van der Waals surface area (Å²) >= 11 is 0. The van der Waals surface area contributed by atoms with Crippen LogP contribution in [0.2, 0.25) is 0 Å². The molecule has 0 atom stereocenters. The molecule has 0 bridgehead atoms. The van der Waals surface area contributed by atoms with Gasteiger partial charge in [-0.3, -0.25) is 20.4 Å². The molecule has 1 saturated heterocycles. The number of carbonyl (C=O) groups excluding carboxylic acids is 2. The van der Waals surface area contributed by atoms with Crippen molar-refractivity contribution in [3.05, 3.63) is 29.8 Å². The van der Waals surface area contributed by atoms with Gasteiger partial charge in [0.15, 0.2) is 0 Å². The van der Waals surface area contributed by atoms with Crippen LogP contribution in [-0.4, -0.2) is 43.4 Å². The van der Waals surface area contributed by atoms with E-state index in [1.807, 2.05) is 18.2 Å². The summed E-state index contributed by atoms with van der Waals surface area (Å²) in [5.41, 5.74) is 6.32. The summed E-state index contributed by atoms with van der Waals surface area (Å²) < 4.78 is 0. The number of hydrogen-bond acceptors (Lipinski definition) is 4. The summed E-state index contributed by atoms with van der Waals surface area (Å²) in [6.07, 6.45) is 2.40. The Morgan fingerprint density at radius 2 is 1.92 bits per heavy atom. The Morgan fingerprint density at radius 3 is 2.58 bits per heavy atom. The normalized spacial score (nSPS) is 16.0. The summed E-state index contributed by atoms with van der Waals surface area (Å²) in [6, 6.07) is 7.35. The Bertz CT molecular complexity index is 566. The van der Waals surface area contributed by atoms with E-state index in [1.165, 1.54) is 12.8 Å². The van der Waals surface area contributed by atoms with Crippen molar-refractivity contribution in [1.82, 2.24) is 15.8 Å². The molecular formula is C18H28N4O2. The van der Waals surface area contributed by atoms with Crippen LogP contribution in [-0.2, 0) is 4.79 Å². The molecule has 1 fully saturated rings. The van der Waals surface area contributed by atoms with Crippen LogP contribution in [0.5, 0.6) is 0 Å². The van der Waals surface area contributed by atoms with E-state index < -0.39 is 0 Å². The van der Waals surface area contributed by atoms with Crippen LogP contribution in [0.3, 0.4) is 0 Å². The van der Waals surface area contributed by atoms with Crippen molar-refractivity contribution in [2.45, 2.75) is 26.7 Å². The van der Waals surface area contributed by atoms with Crippen LogP contribution in [0.15, 0.2) is 24.3 Å². The van der Waals surface area contributed by atoms with Crippen LogP contribution in [0.25, 0.3) is 0 Å². The number of hydrogen-bond donors (Lipinski definition) is 3. The Morgan fingerprint density at radius 1 is 1.21 bits per heavy atom. The molecule has 3 N–H and O–H groups in total. The minimum atomic E-state index is -0.313. The molecule has 1 aromatic carbocycles. The quantitative estimate of drug-likeness (QED) is 0.720. The van der Waals surface area contributed by atoms with Gasteiger partial charge in [0.05, 0.1) is 0 Å². The van der Waals surface area contributed by atoms with Crippen LogP contribution in [0, 0.1) is 11.8 Å². The Balaban J connectivity index is 1.84. The van der Waals surface area contributed by atoms with Gasteiger partial charge in [0, 0.05) is 23.7 Å². The first-order valence-corrected chi connectivity index (χ1v) is 8.58. The van der Waals surface area contributed by atoms with Gasteiger partial charge < -0.3 is 10.2 Å². The number of nitrogens with zero attached hydrogens (tertiary/aromatic N) is 1. The molecule has 1 aliphatic heterocycles. The number of likely N-dealkylation sites (tertiary alicyclic amines) is 1. The fourth-order valence-electron chi connectivity index (χ4n) is 2.63. The number of anilines is 1. The van der Waals surface area contributed by atoms with E-state index in [0.29, 0.717) is 11.5 Å². The van der Waals surface area contributed by atoms with E-state index in [9.17, 15) is 9.59 Å². The summed E-state index contributed by atoms with van der Waals surface area (Å²) in [7, 11) is 2.16. The summed E-state index contributed by atoms with van der Waals surface area (Å²) in [4.78, 5) is 26.0. The van der Waals surface area contributed by atoms with Crippen molar-refractivity contribution in [2.24, 2.45) is 11.8 Å². The third kappa shape index (κ3) is 5.53. The average molecular weight is 332 g/mol. The van der Waals surface area contributed by atoms with Crippen molar-refractivity contribution in [3.8, 4) is 0 Å². The first-order chi connectivity index (χ1) is 11.5. The lowest BCUT2D eigenvalue weighted by Gasteiger charge is -2.29. The predicted octanol–water partition coefficient (Wildman–Crippen LogP) is 1.86. The molecule has 0 saturated carbocycles. The largest absolute Gasteiger partial charge is 0.385 e. The molecule has 0 aromatic heterocycles. The topological polar surface area (TPSA) is 73.5 Å². The zero-order valence-corrected chi connectivity index (χ0v) is 14.8. The highest BCUT2D eigenvalue weighted by molar-refractivity contribution is 5.96. The second-order valence-electron chi connectivity index (χ2n) is 6.81. The number of benzene rings is 1. The van der Waals surface area contributed by atoms with E-state index in [0.717, 1.165) is 25.3 Å². The lowest BCUT2D eigenvalue weighted by atomic mass is 9.97. The smallest absolute Gasteiger partial charge is 0.269 e. The number of amides is 2. The van der Waals surface area contributed by atoms with Gasteiger partial charge in [-0.15, -0.1) is 0 Å². The number of hydrazine groups is 1. The maximum absolute atomic E-state index is 12.1. The second-order valence-corrected chi connectivity index (χ2v) is 6.81. The highest BCUT2D eigenvalue weighted by Crippen LogP contribution is 2.18. The molecule has 2 rings (SSSR count). The lowest BCUT2D eigenvalue weighted by molar-refractivity contribution is -0.124. The molecule has 1 aliphatic rings. The summed E-state index contributed by atoms with van der Waals surface area (Å²) in [5, 5.41) is 3.42. The SMILES string of the molecule is CC(C)C(=O)NNC(=O)c1cccc(NCC2CCN(C)CC2)c1. The highest BCUT2D eigenvalue weighted by Gasteiger charge is 2.16. The molecule has 2 amide bonds. The van der Waals surface area contributed by atoms with Crippen molar-refractivity contribution < 1.29 is 9.59 Å². The molecule has 1 heterocycles. The molecule has 1 aromatic rings. The molecule has 132 valence electrons. The van der Waals surface area contributed by atoms with E-state index >= 15 is 0 Å². The van der Waals surface area contributed by atoms with Crippen molar-refractivity contribution in [2.75, 3.05) is 32.0 Å². The number of piperidine rings is 1. The molecule has 0 unspecified atom stereocenters. The Kier molecular flexibility index (Phi) is 6.61. The summed E-state index contributed by atoms with van der Waals surface area (Å²) in [5.74, 6) is -0.0244. The van der Waals surface area contributed by atoms with Crippen LogP contribution in [0.4, 0.5) is 5.69 Å². The van der Waals surface area contributed by atoms with Crippen LogP contribution < -0.4 is 16.2 Å². The van der Waals surface area contributed by atoms with Crippen LogP contribution >= 0.6 is 0 Å². The van der Waals surface area contributed by atoms with Gasteiger partial charge in [-0.05, 0) is 57.1 Å². The van der Waals surface area contributed by atoms with E-state index in [1.54, 1.807) is 19.9 Å². The number of rotatable bonds is 5. The minimum Gasteiger partial charge on any atom is -0.385 e. The number of carbonyl (C=O) groups is 2. The van der Waals surface area contributed by atoms with Gasteiger partial charge in [0.1, 0.15) is 0 Å². The van der Waals surface area contributed by atoms with Crippen molar-refractivity contribution >= 4 is 17.5 Å².